The molecule has 1 aliphatic heterocycles. The van der Waals surface area contributed by atoms with Crippen molar-refractivity contribution in [2.75, 3.05) is 30.3 Å². The summed E-state index contributed by atoms with van der Waals surface area (Å²) in [6.07, 6.45) is 1.92. The van der Waals surface area contributed by atoms with E-state index in [1.165, 1.54) is 0 Å². The van der Waals surface area contributed by atoms with Crippen LogP contribution in [0.15, 0.2) is 36.4 Å². The van der Waals surface area contributed by atoms with Crippen molar-refractivity contribution in [1.29, 1.82) is 0 Å². The molecule has 5 nitrogen and oxygen atoms in total. The second-order valence-corrected chi connectivity index (χ2v) is 6.65. The highest BCUT2D eigenvalue weighted by molar-refractivity contribution is 6.31. The first-order valence-electron chi connectivity index (χ1n) is 8.51. The van der Waals surface area contributed by atoms with E-state index in [2.05, 4.69) is 10.6 Å². The average Bonchev–Trinajstić information content (AvgIpc) is 3.17. The number of amides is 2. The largest absolute Gasteiger partial charge is 0.375 e. The van der Waals surface area contributed by atoms with Gasteiger partial charge in [-0.25, -0.2) is 8.78 Å². The highest BCUT2D eigenvalue weighted by Crippen LogP contribution is 2.24. The van der Waals surface area contributed by atoms with Crippen molar-refractivity contribution < 1.29 is 18.4 Å². The predicted molar refractivity (Wildman–Crippen MR) is 100 cm³/mol. The van der Waals surface area contributed by atoms with Crippen LogP contribution in [0, 0.1) is 11.6 Å². The van der Waals surface area contributed by atoms with Gasteiger partial charge in [-0.3, -0.25) is 9.59 Å². The van der Waals surface area contributed by atoms with Crippen molar-refractivity contribution in [1.82, 2.24) is 4.90 Å². The van der Waals surface area contributed by atoms with E-state index >= 15 is 0 Å². The van der Waals surface area contributed by atoms with E-state index in [4.69, 9.17) is 11.6 Å². The zero-order valence-corrected chi connectivity index (χ0v) is 15.2. The van der Waals surface area contributed by atoms with Crippen LogP contribution in [0.4, 0.5) is 20.2 Å². The monoisotopic (exact) mass is 393 g/mol. The van der Waals surface area contributed by atoms with Gasteiger partial charge in [0, 0.05) is 29.9 Å². The predicted octanol–water partition coefficient (Wildman–Crippen LogP) is 3.90. The molecular weight excluding hydrogens is 376 g/mol. The van der Waals surface area contributed by atoms with Gasteiger partial charge < -0.3 is 15.5 Å². The molecule has 1 fully saturated rings. The topological polar surface area (TPSA) is 61.4 Å². The molecule has 8 heteroatoms. The number of anilines is 2. The number of hydrogen-bond acceptors (Lipinski definition) is 3. The summed E-state index contributed by atoms with van der Waals surface area (Å²) in [6.45, 7) is 1.18. The van der Waals surface area contributed by atoms with Crippen molar-refractivity contribution >= 4 is 34.8 Å². The highest BCUT2D eigenvalue weighted by Gasteiger charge is 2.22. The number of carbonyl (C=O) groups excluding carboxylic acids is 2. The summed E-state index contributed by atoms with van der Waals surface area (Å²) in [4.78, 5) is 26.5. The molecule has 0 saturated carbocycles. The lowest BCUT2D eigenvalue weighted by atomic mass is 10.1. The van der Waals surface area contributed by atoms with Gasteiger partial charge in [0.15, 0.2) is 0 Å². The Balaban J connectivity index is 1.68. The van der Waals surface area contributed by atoms with Gasteiger partial charge in [-0.2, -0.15) is 0 Å². The maximum atomic E-state index is 13.6. The summed E-state index contributed by atoms with van der Waals surface area (Å²) in [7, 11) is 0. The average molecular weight is 394 g/mol. The van der Waals surface area contributed by atoms with E-state index in [0.717, 1.165) is 25.0 Å². The summed E-state index contributed by atoms with van der Waals surface area (Å²) in [6, 6.07) is 7.68. The molecule has 2 amide bonds. The molecule has 0 radical (unpaired) electrons. The minimum Gasteiger partial charge on any atom is -0.375 e. The second kappa shape index (κ2) is 8.35. The number of nitrogens with one attached hydrogen (secondary N) is 2. The Kier molecular flexibility index (Phi) is 5.91. The molecule has 0 aliphatic carbocycles. The molecular formula is C19H18ClF2N3O2. The molecule has 0 unspecified atom stereocenters. The SMILES string of the molecule is O=C(CNc1ccc(Cl)cc1C(=O)N1CCCC1)Nc1ccc(F)cc1F. The third-order valence-corrected chi connectivity index (χ3v) is 4.49. The van der Waals surface area contributed by atoms with E-state index in [1.54, 1.807) is 23.1 Å². The summed E-state index contributed by atoms with van der Waals surface area (Å²) in [5.74, 6) is -2.27. The molecule has 0 bridgehead atoms. The molecule has 0 spiro atoms. The maximum Gasteiger partial charge on any atom is 0.256 e. The normalized spacial score (nSPS) is 13.5. The Hall–Kier alpha value is -2.67. The third kappa shape index (κ3) is 4.74. The lowest BCUT2D eigenvalue weighted by Gasteiger charge is -2.18. The summed E-state index contributed by atoms with van der Waals surface area (Å²) >= 11 is 6.02. The Morgan fingerprint density at radius 2 is 1.74 bits per heavy atom. The molecule has 1 saturated heterocycles. The van der Waals surface area contributed by atoms with Gasteiger partial charge in [0.1, 0.15) is 11.6 Å². The standard InChI is InChI=1S/C19H18ClF2N3O2/c20-12-3-5-16(14(9-12)19(27)25-7-1-2-8-25)23-11-18(26)24-17-6-4-13(21)10-15(17)22/h3-6,9-10,23H,1-2,7-8,11H2,(H,24,26). The minimum absolute atomic E-state index is 0.118. The van der Waals surface area contributed by atoms with Gasteiger partial charge in [0.25, 0.3) is 5.91 Å². The summed E-state index contributed by atoms with van der Waals surface area (Å²) < 4.78 is 26.5. The van der Waals surface area contributed by atoms with Crippen LogP contribution in [0.2, 0.25) is 5.02 Å². The first-order chi connectivity index (χ1) is 12.9. The number of halogens is 3. The molecule has 1 aliphatic rings. The smallest absolute Gasteiger partial charge is 0.256 e. The van der Waals surface area contributed by atoms with Crippen LogP contribution < -0.4 is 10.6 Å². The number of nitrogens with zero attached hydrogens (tertiary/aromatic N) is 1. The fourth-order valence-corrected chi connectivity index (χ4v) is 3.07. The van der Waals surface area contributed by atoms with Crippen LogP contribution >= 0.6 is 11.6 Å². The van der Waals surface area contributed by atoms with E-state index < -0.39 is 17.5 Å². The van der Waals surface area contributed by atoms with Crippen LogP contribution in [0.5, 0.6) is 0 Å². The van der Waals surface area contributed by atoms with Gasteiger partial charge >= 0.3 is 0 Å². The minimum atomic E-state index is -0.861. The molecule has 2 N–H and O–H groups in total. The number of hydrogen-bond donors (Lipinski definition) is 2. The fourth-order valence-electron chi connectivity index (χ4n) is 2.90. The van der Waals surface area contributed by atoms with Crippen molar-refractivity contribution in [2.24, 2.45) is 0 Å². The number of rotatable bonds is 5. The quantitative estimate of drug-likeness (QED) is 0.809. The molecule has 2 aromatic rings. The fraction of sp³-hybridized carbons (Fsp3) is 0.263. The Labute approximate surface area is 160 Å². The first-order valence-corrected chi connectivity index (χ1v) is 8.89. The van der Waals surface area contributed by atoms with Crippen LogP contribution in [0.1, 0.15) is 23.2 Å². The van der Waals surface area contributed by atoms with Crippen molar-refractivity contribution in [2.45, 2.75) is 12.8 Å². The highest BCUT2D eigenvalue weighted by atomic mass is 35.5. The van der Waals surface area contributed by atoms with Gasteiger partial charge in [-0.1, -0.05) is 11.6 Å². The lowest BCUT2D eigenvalue weighted by molar-refractivity contribution is -0.114. The summed E-state index contributed by atoms with van der Waals surface area (Å²) in [5, 5.41) is 5.66. The van der Waals surface area contributed by atoms with Gasteiger partial charge in [-0.05, 0) is 43.2 Å². The molecule has 1 heterocycles. The molecule has 0 aromatic heterocycles. The molecule has 2 aromatic carbocycles. The van der Waals surface area contributed by atoms with Gasteiger partial charge in [0.2, 0.25) is 5.91 Å². The first kappa shape index (κ1) is 19.1. The number of likely N-dealkylation sites (tertiary alicyclic amines) is 1. The lowest BCUT2D eigenvalue weighted by Crippen LogP contribution is -2.29. The van der Waals surface area contributed by atoms with Crippen LogP contribution in [-0.2, 0) is 4.79 Å². The number of carbonyl (C=O) groups is 2. The summed E-state index contributed by atoms with van der Waals surface area (Å²) in [5.41, 5.74) is 0.726. The van der Waals surface area contributed by atoms with E-state index in [1.807, 2.05) is 0 Å². The van der Waals surface area contributed by atoms with E-state index in [-0.39, 0.29) is 18.1 Å². The zero-order chi connectivity index (χ0) is 19.4. The van der Waals surface area contributed by atoms with Crippen LogP contribution in [0.25, 0.3) is 0 Å². The number of benzene rings is 2. The maximum absolute atomic E-state index is 13.6. The second-order valence-electron chi connectivity index (χ2n) is 6.22. The van der Waals surface area contributed by atoms with E-state index in [9.17, 15) is 18.4 Å². The third-order valence-electron chi connectivity index (χ3n) is 4.25. The van der Waals surface area contributed by atoms with Gasteiger partial charge in [0.05, 0.1) is 17.8 Å². The van der Waals surface area contributed by atoms with Crippen LogP contribution in [-0.4, -0.2) is 36.3 Å². The Morgan fingerprint density at radius 3 is 2.44 bits per heavy atom. The molecule has 27 heavy (non-hydrogen) atoms. The van der Waals surface area contributed by atoms with Crippen molar-refractivity contribution in [3.8, 4) is 0 Å². The zero-order valence-electron chi connectivity index (χ0n) is 14.4. The van der Waals surface area contributed by atoms with E-state index in [0.29, 0.717) is 35.4 Å². The van der Waals surface area contributed by atoms with Crippen molar-refractivity contribution in [3.63, 3.8) is 0 Å². The Morgan fingerprint density at radius 1 is 1.04 bits per heavy atom. The van der Waals surface area contributed by atoms with Crippen molar-refractivity contribution in [3.05, 3.63) is 58.6 Å². The van der Waals surface area contributed by atoms with Gasteiger partial charge in [-0.15, -0.1) is 0 Å². The van der Waals surface area contributed by atoms with Crippen LogP contribution in [0.3, 0.4) is 0 Å². The molecule has 0 atom stereocenters. The Bertz CT molecular complexity index is 870. The molecule has 142 valence electrons. The molecule has 3 rings (SSSR count).